The number of aryl methyl sites for hydroxylation is 1. The SMILES string of the molecule is CCCn1c(=O)[nH]c(=O)c2c1ncn2C(C)(C)CN. The Kier molecular flexibility index (Phi) is 3.32. The van der Waals surface area contributed by atoms with Crippen molar-refractivity contribution in [3.8, 4) is 0 Å². The summed E-state index contributed by atoms with van der Waals surface area (Å²) in [7, 11) is 0. The number of imidazole rings is 1. The third kappa shape index (κ3) is 2.10. The summed E-state index contributed by atoms with van der Waals surface area (Å²) in [6.07, 6.45) is 2.35. The number of hydrogen-bond donors (Lipinski definition) is 2. The Morgan fingerprint density at radius 2 is 2.11 bits per heavy atom. The van der Waals surface area contributed by atoms with E-state index in [0.717, 1.165) is 6.42 Å². The van der Waals surface area contributed by atoms with Gasteiger partial charge in [0.1, 0.15) is 0 Å². The van der Waals surface area contributed by atoms with Crippen LogP contribution in [0.15, 0.2) is 15.9 Å². The van der Waals surface area contributed by atoms with Gasteiger partial charge in [-0.05, 0) is 20.3 Å². The molecule has 0 aliphatic carbocycles. The van der Waals surface area contributed by atoms with E-state index in [1.54, 1.807) is 10.9 Å². The molecule has 0 bridgehead atoms. The fraction of sp³-hybridized carbons (Fsp3) is 0.583. The summed E-state index contributed by atoms with van der Waals surface area (Å²) in [4.78, 5) is 30.4. The summed E-state index contributed by atoms with van der Waals surface area (Å²) < 4.78 is 3.21. The molecule has 2 aromatic heterocycles. The Morgan fingerprint density at radius 3 is 2.68 bits per heavy atom. The Hall–Kier alpha value is -1.89. The van der Waals surface area contributed by atoms with Crippen molar-refractivity contribution in [3.63, 3.8) is 0 Å². The van der Waals surface area contributed by atoms with Crippen LogP contribution >= 0.6 is 0 Å². The van der Waals surface area contributed by atoms with Crippen molar-refractivity contribution >= 4 is 11.2 Å². The fourth-order valence-corrected chi connectivity index (χ4v) is 2.06. The average molecular weight is 265 g/mol. The van der Waals surface area contributed by atoms with Gasteiger partial charge in [-0.3, -0.25) is 14.3 Å². The van der Waals surface area contributed by atoms with E-state index in [2.05, 4.69) is 9.97 Å². The predicted octanol–water partition coefficient (Wildman–Crippen LogP) is -0.00990. The van der Waals surface area contributed by atoms with Crippen LogP contribution in [0.25, 0.3) is 11.2 Å². The van der Waals surface area contributed by atoms with Gasteiger partial charge >= 0.3 is 5.69 Å². The highest BCUT2D eigenvalue weighted by Crippen LogP contribution is 2.18. The predicted molar refractivity (Wildman–Crippen MR) is 73.3 cm³/mol. The van der Waals surface area contributed by atoms with E-state index in [-0.39, 0.29) is 0 Å². The molecule has 0 radical (unpaired) electrons. The van der Waals surface area contributed by atoms with Gasteiger partial charge in [-0.25, -0.2) is 9.78 Å². The van der Waals surface area contributed by atoms with E-state index >= 15 is 0 Å². The van der Waals surface area contributed by atoms with Crippen molar-refractivity contribution in [2.45, 2.75) is 39.3 Å². The van der Waals surface area contributed by atoms with Crippen LogP contribution in [0.5, 0.6) is 0 Å². The zero-order chi connectivity index (χ0) is 14.2. The molecule has 19 heavy (non-hydrogen) atoms. The van der Waals surface area contributed by atoms with Gasteiger partial charge < -0.3 is 10.3 Å². The third-order valence-electron chi connectivity index (χ3n) is 3.28. The van der Waals surface area contributed by atoms with Crippen LogP contribution in [0.1, 0.15) is 27.2 Å². The topological polar surface area (TPSA) is 98.7 Å². The molecule has 0 atom stereocenters. The number of fused-ring (bicyclic) bond motifs is 1. The lowest BCUT2D eigenvalue weighted by Crippen LogP contribution is -2.37. The van der Waals surface area contributed by atoms with Crippen molar-refractivity contribution in [1.29, 1.82) is 0 Å². The Morgan fingerprint density at radius 1 is 1.42 bits per heavy atom. The molecule has 0 fully saturated rings. The van der Waals surface area contributed by atoms with Gasteiger partial charge in [-0.1, -0.05) is 6.92 Å². The second-order valence-electron chi connectivity index (χ2n) is 5.21. The van der Waals surface area contributed by atoms with E-state index in [9.17, 15) is 9.59 Å². The number of rotatable bonds is 4. The molecule has 0 saturated carbocycles. The van der Waals surface area contributed by atoms with Crippen LogP contribution in [-0.4, -0.2) is 25.6 Å². The van der Waals surface area contributed by atoms with Gasteiger partial charge in [0.25, 0.3) is 5.56 Å². The van der Waals surface area contributed by atoms with E-state index in [1.165, 1.54) is 4.57 Å². The van der Waals surface area contributed by atoms with Crippen molar-refractivity contribution in [2.24, 2.45) is 5.73 Å². The summed E-state index contributed by atoms with van der Waals surface area (Å²) in [6, 6.07) is 0. The number of nitrogens with one attached hydrogen (secondary N) is 1. The van der Waals surface area contributed by atoms with Crippen molar-refractivity contribution in [3.05, 3.63) is 27.2 Å². The minimum Gasteiger partial charge on any atom is -0.328 e. The minimum absolute atomic E-state index is 0.366. The molecule has 0 aliphatic rings. The van der Waals surface area contributed by atoms with Gasteiger partial charge in [-0.15, -0.1) is 0 Å². The number of nitrogens with zero attached hydrogens (tertiary/aromatic N) is 3. The first-order valence-corrected chi connectivity index (χ1v) is 6.33. The van der Waals surface area contributed by atoms with Crippen LogP contribution in [0.4, 0.5) is 0 Å². The first-order valence-electron chi connectivity index (χ1n) is 6.33. The Labute approximate surface area is 110 Å². The summed E-state index contributed by atoms with van der Waals surface area (Å²) in [5.74, 6) is 0. The number of H-pyrrole nitrogens is 1. The van der Waals surface area contributed by atoms with Gasteiger partial charge in [0, 0.05) is 13.1 Å². The number of aromatic amines is 1. The summed E-state index contributed by atoms with van der Waals surface area (Å²) in [5, 5.41) is 0. The smallest absolute Gasteiger partial charge is 0.328 e. The fourth-order valence-electron chi connectivity index (χ4n) is 2.06. The van der Waals surface area contributed by atoms with Crippen molar-refractivity contribution < 1.29 is 0 Å². The molecule has 0 aliphatic heterocycles. The molecule has 2 rings (SSSR count). The molecule has 2 aromatic rings. The van der Waals surface area contributed by atoms with Gasteiger partial charge in [0.2, 0.25) is 0 Å². The maximum absolute atomic E-state index is 12.0. The molecule has 104 valence electrons. The summed E-state index contributed by atoms with van der Waals surface area (Å²) >= 11 is 0. The lowest BCUT2D eigenvalue weighted by molar-refractivity contribution is 0.376. The van der Waals surface area contributed by atoms with Crippen LogP contribution < -0.4 is 17.0 Å². The monoisotopic (exact) mass is 265 g/mol. The molecule has 0 spiro atoms. The zero-order valence-electron chi connectivity index (χ0n) is 11.4. The highest BCUT2D eigenvalue weighted by molar-refractivity contribution is 5.70. The van der Waals surface area contributed by atoms with E-state index in [1.807, 2.05) is 20.8 Å². The molecular formula is C12H19N5O2. The quantitative estimate of drug-likeness (QED) is 0.812. The first-order chi connectivity index (χ1) is 8.92. The third-order valence-corrected chi connectivity index (χ3v) is 3.28. The average Bonchev–Trinajstić information content (AvgIpc) is 2.80. The molecule has 2 heterocycles. The first kappa shape index (κ1) is 13.5. The molecular weight excluding hydrogens is 246 g/mol. The number of nitrogens with two attached hydrogens (primary N) is 1. The molecule has 7 heteroatoms. The minimum atomic E-state index is -0.434. The molecule has 3 N–H and O–H groups in total. The Balaban J connectivity index is 2.84. The van der Waals surface area contributed by atoms with Gasteiger partial charge in [-0.2, -0.15) is 0 Å². The highest BCUT2D eigenvalue weighted by atomic mass is 16.2. The van der Waals surface area contributed by atoms with Crippen LogP contribution in [0.3, 0.4) is 0 Å². The molecule has 0 amide bonds. The number of aromatic nitrogens is 4. The lowest BCUT2D eigenvalue weighted by Gasteiger charge is -2.24. The zero-order valence-corrected chi connectivity index (χ0v) is 11.4. The summed E-state index contributed by atoms with van der Waals surface area (Å²) in [6.45, 7) is 6.69. The van der Waals surface area contributed by atoms with Crippen LogP contribution in [-0.2, 0) is 12.1 Å². The standard InChI is InChI=1S/C12H19N5O2/c1-4-5-16-9-8(10(18)15-11(16)19)17(7-14-9)12(2,3)6-13/h7H,4-6,13H2,1-3H3,(H,15,18,19). The molecule has 0 aromatic carbocycles. The largest absolute Gasteiger partial charge is 0.330 e. The van der Waals surface area contributed by atoms with Crippen LogP contribution in [0, 0.1) is 0 Å². The number of hydrogen-bond acceptors (Lipinski definition) is 4. The summed E-state index contributed by atoms with van der Waals surface area (Å²) in [5.41, 5.74) is 5.26. The molecule has 0 saturated heterocycles. The van der Waals surface area contributed by atoms with E-state index < -0.39 is 16.8 Å². The highest BCUT2D eigenvalue weighted by Gasteiger charge is 2.23. The van der Waals surface area contributed by atoms with E-state index in [0.29, 0.717) is 24.3 Å². The van der Waals surface area contributed by atoms with Crippen molar-refractivity contribution in [1.82, 2.24) is 19.1 Å². The maximum Gasteiger partial charge on any atom is 0.330 e. The maximum atomic E-state index is 12.0. The second kappa shape index (κ2) is 4.65. The van der Waals surface area contributed by atoms with E-state index in [4.69, 9.17) is 5.73 Å². The van der Waals surface area contributed by atoms with Gasteiger partial charge in [0.05, 0.1) is 11.9 Å². The normalized spacial score (nSPS) is 12.2. The van der Waals surface area contributed by atoms with Crippen LogP contribution in [0.2, 0.25) is 0 Å². The molecule has 0 unspecified atom stereocenters. The lowest BCUT2D eigenvalue weighted by atomic mass is 10.1. The molecule has 7 nitrogen and oxygen atoms in total. The van der Waals surface area contributed by atoms with Gasteiger partial charge in [0.15, 0.2) is 11.2 Å². The second-order valence-corrected chi connectivity index (χ2v) is 5.21. The Bertz CT molecular complexity index is 707. The van der Waals surface area contributed by atoms with Crippen molar-refractivity contribution in [2.75, 3.05) is 6.54 Å².